The molecule has 3 aromatic rings. The smallest absolute Gasteiger partial charge is 0.289 e. The maximum absolute atomic E-state index is 13.5. The highest BCUT2D eigenvalue weighted by atomic mass is 16.5. The molecule has 0 radical (unpaired) electrons. The second kappa shape index (κ2) is 9.08. The molecule has 0 unspecified atom stereocenters. The summed E-state index contributed by atoms with van der Waals surface area (Å²) >= 11 is 0. The molecule has 0 bridgehead atoms. The summed E-state index contributed by atoms with van der Waals surface area (Å²) in [5.74, 6) is 0.372. The largest absolute Gasteiger partial charge is 0.497 e. The Balaban J connectivity index is 1.59. The van der Waals surface area contributed by atoms with Crippen LogP contribution in [0.3, 0.4) is 0 Å². The fourth-order valence-electron chi connectivity index (χ4n) is 4.20. The molecule has 2 amide bonds. The molecule has 2 aromatic carbocycles. The fourth-order valence-corrected chi connectivity index (χ4v) is 4.20. The monoisotopic (exact) mass is 418 g/mol. The van der Waals surface area contributed by atoms with Gasteiger partial charge in [0.15, 0.2) is 5.76 Å². The predicted molar refractivity (Wildman–Crippen MR) is 117 cm³/mol. The number of ether oxygens (including phenoxy) is 1. The van der Waals surface area contributed by atoms with E-state index in [1.807, 2.05) is 61.6 Å². The van der Waals surface area contributed by atoms with Gasteiger partial charge >= 0.3 is 0 Å². The Morgan fingerprint density at radius 1 is 1.06 bits per heavy atom. The second-order valence-electron chi connectivity index (χ2n) is 7.86. The van der Waals surface area contributed by atoms with Crippen molar-refractivity contribution in [3.8, 4) is 5.75 Å². The Bertz CT molecular complexity index is 1030. The second-order valence-corrected chi connectivity index (χ2v) is 7.86. The van der Waals surface area contributed by atoms with E-state index in [2.05, 4.69) is 0 Å². The first kappa shape index (κ1) is 20.7. The van der Waals surface area contributed by atoms with Crippen LogP contribution in [0.25, 0.3) is 0 Å². The minimum atomic E-state index is -0.347. The van der Waals surface area contributed by atoms with Crippen molar-refractivity contribution in [3.63, 3.8) is 0 Å². The van der Waals surface area contributed by atoms with Gasteiger partial charge in [-0.25, -0.2) is 0 Å². The number of furan rings is 1. The first-order valence-corrected chi connectivity index (χ1v) is 10.3. The van der Waals surface area contributed by atoms with Gasteiger partial charge in [0.1, 0.15) is 5.75 Å². The van der Waals surface area contributed by atoms with Gasteiger partial charge in [0.25, 0.3) is 5.91 Å². The van der Waals surface area contributed by atoms with Crippen molar-refractivity contribution in [1.82, 2.24) is 9.80 Å². The van der Waals surface area contributed by atoms with Crippen molar-refractivity contribution in [3.05, 3.63) is 89.9 Å². The topological polar surface area (TPSA) is 63.0 Å². The average molecular weight is 418 g/mol. The molecule has 2 atom stereocenters. The lowest BCUT2D eigenvalue weighted by Crippen LogP contribution is -2.36. The average Bonchev–Trinajstić information content (AvgIpc) is 3.49. The van der Waals surface area contributed by atoms with E-state index in [0.29, 0.717) is 19.6 Å². The van der Waals surface area contributed by atoms with Crippen molar-refractivity contribution in [2.24, 2.45) is 5.92 Å². The zero-order valence-electron chi connectivity index (χ0n) is 17.7. The number of carbonyl (C=O) groups excluding carboxylic acids is 2. The van der Waals surface area contributed by atoms with Crippen molar-refractivity contribution in [2.75, 3.05) is 27.2 Å². The summed E-state index contributed by atoms with van der Waals surface area (Å²) in [6.45, 7) is 1.31. The van der Waals surface area contributed by atoms with E-state index in [9.17, 15) is 9.59 Å². The number of hydrogen-bond donors (Lipinski definition) is 0. The molecule has 160 valence electrons. The number of carbonyl (C=O) groups is 2. The Hall–Kier alpha value is -3.54. The summed E-state index contributed by atoms with van der Waals surface area (Å²) in [4.78, 5) is 29.8. The van der Waals surface area contributed by atoms with Crippen LogP contribution in [0.1, 0.15) is 27.6 Å². The Morgan fingerprint density at radius 3 is 2.58 bits per heavy atom. The lowest BCUT2D eigenvalue weighted by Gasteiger charge is -2.25. The lowest BCUT2D eigenvalue weighted by molar-refractivity contribution is -0.134. The molecular formula is C25H26N2O4. The van der Waals surface area contributed by atoms with Gasteiger partial charge in [0.2, 0.25) is 5.91 Å². The van der Waals surface area contributed by atoms with Gasteiger partial charge in [-0.2, -0.15) is 0 Å². The first-order chi connectivity index (χ1) is 15.1. The summed E-state index contributed by atoms with van der Waals surface area (Å²) in [7, 11) is 3.44. The van der Waals surface area contributed by atoms with Crippen LogP contribution in [-0.4, -0.2) is 48.9 Å². The molecule has 0 N–H and O–H groups in total. The van der Waals surface area contributed by atoms with Crippen LogP contribution in [0.15, 0.2) is 77.4 Å². The summed E-state index contributed by atoms with van der Waals surface area (Å²) in [6.07, 6.45) is 1.49. The lowest BCUT2D eigenvalue weighted by atomic mass is 9.88. The predicted octanol–water partition coefficient (Wildman–Crippen LogP) is 3.80. The van der Waals surface area contributed by atoms with Crippen molar-refractivity contribution >= 4 is 11.8 Å². The Morgan fingerprint density at radius 2 is 1.87 bits per heavy atom. The molecule has 1 aromatic heterocycles. The summed E-state index contributed by atoms with van der Waals surface area (Å²) in [5, 5.41) is 0. The van der Waals surface area contributed by atoms with E-state index in [0.717, 1.165) is 16.9 Å². The molecule has 1 saturated heterocycles. The van der Waals surface area contributed by atoms with E-state index in [-0.39, 0.29) is 29.4 Å². The maximum atomic E-state index is 13.5. The van der Waals surface area contributed by atoms with E-state index in [1.54, 1.807) is 29.0 Å². The molecule has 2 heterocycles. The number of rotatable bonds is 6. The van der Waals surface area contributed by atoms with E-state index < -0.39 is 0 Å². The van der Waals surface area contributed by atoms with Gasteiger partial charge in [-0.1, -0.05) is 42.5 Å². The quantitative estimate of drug-likeness (QED) is 0.611. The summed E-state index contributed by atoms with van der Waals surface area (Å²) in [5.41, 5.74) is 2.05. The van der Waals surface area contributed by atoms with Crippen LogP contribution >= 0.6 is 0 Å². The Kier molecular flexibility index (Phi) is 6.07. The third-order valence-corrected chi connectivity index (χ3v) is 5.82. The standard InChI is InChI=1S/C25H26N2O4/c1-26(15-18-8-4-3-5-9-18)24(28)22-17-27(25(29)23-12-7-13-31-23)16-21(22)19-10-6-11-20(14-19)30-2/h3-14,21-22H,15-17H2,1-2H3/t21-,22+/m1/s1. The van der Waals surface area contributed by atoms with Crippen LogP contribution in [0.4, 0.5) is 0 Å². The third kappa shape index (κ3) is 4.48. The minimum absolute atomic E-state index is 0.0198. The molecule has 0 saturated carbocycles. The number of likely N-dealkylation sites (tertiary alicyclic amines) is 1. The molecule has 31 heavy (non-hydrogen) atoms. The van der Waals surface area contributed by atoms with Crippen molar-refractivity contribution in [2.45, 2.75) is 12.5 Å². The number of amides is 2. The zero-order chi connectivity index (χ0) is 21.8. The fraction of sp³-hybridized carbons (Fsp3) is 0.280. The normalized spacial score (nSPS) is 18.1. The molecule has 6 nitrogen and oxygen atoms in total. The van der Waals surface area contributed by atoms with Gasteiger partial charge in [0, 0.05) is 32.6 Å². The molecule has 1 aliphatic rings. The molecule has 1 fully saturated rings. The first-order valence-electron chi connectivity index (χ1n) is 10.3. The number of benzene rings is 2. The van der Waals surface area contributed by atoms with Gasteiger partial charge < -0.3 is 19.0 Å². The van der Waals surface area contributed by atoms with Gasteiger partial charge in [-0.15, -0.1) is 0 Å². The van der Waals surface area contributed by atoms with Crippen molar-refractivity contribution in [1.29, 1.82) is 0 Å². The van der Waals surface area contributed by atoms with Crippen LogP contribution < -0.4 is 4.74 Å². The summed E-state index contributed by atoms with van der Waals surface area (Å²) < 4.78 is 10.7. The number of nitrogens with zero attached hydrogens (tertiary/aromatic N) is 2. The maximum Gasteiger partial charge on any atom is 0.289 e. The number of methoxy groups -OCH3 is 1. The van der Waals surface area contributed by atoms with E-state index in [4.69, 9.17) is 9.15 Å². The number of hydrogen-bond acceptors (Lipinski definition) is 4. The molecule has 6 heteroatoms. The molecule has 1 aliphatic heterocycles. The highest BCUT2D eigenvalue weighted by Crippen LogP contribution is 2.36. The van der Waals surface area contributed by atoms with Crippen LogP contribution in [0.5, 0.6) is 5.75 Å². The van der Waals surface area contributed by atoms with E-state index >= 15 is 0 Å². The van der Waals surface area contributed by atoms with Crippen LogP contribution in [0.2, 0.25) is 0 Å². The Labute approximate surface area is 182 Å². The third-order valence-electron chi connectivity index (χ3n) is 5.82. The minimum Gasteiger partial charge on any atom is -0.497 e. The molecule has 0 spiro atoms. The molecule has 4 rings (SSSR count). The van der Waals surface area contributed by atoms with Crippen LogP contribution in [-0.2, 0) is 11.3 Å². The molecule has 0 aliphatic carbocycles. The highest BCUT2D eigenvalue weighted by Gasteiger charge is 2.42. The van der Waals surface area contributed by atoms with Gasteiger partial charge in [-0.05, 0) is 35.4 Å². The zero-order valence-corrected chi connectivity index (χ0v) is 17.7. The van der Waals surface area contributed by atoms with Gasteiger partial charge in [0.05, 0.1) is 19.3 Å². The highest BCUT2D eigenvalue weighted by molar-refractivity contribution is 5.92. The van der Waals surface area contributed by atoms with Crippen LogP contribution in [0, 0.1) is 5.92 Å². The molecular weight excluding hydrogens is 392 g/mol. The SMILES string of the molecule is COc1cccc([C@H]2CN(C(=O)c3ccco3)C[C@@H]2C(=O)N(C)Cc2ccccc2)c1. The van der Waals surface area contributed by atoms with Gasteiger partial charge in [-0.3, -0.25) is 9.59 Å². The van der Waals surface area contributed by atoms with E-state index in [1.165, 1.54) is 6.26 Å². The summed E-state index contributed by atoms with van der Waals surface area (Å²) in [6, 6.07) is 21.0. The van der Waals surface area contributed by atoms with Crippen molar-refractivity contribution < 1.29 is 18.7 Å².